The van der Waals surface area contributed by atoms with Crippen molar-refractivity contribution < 1.29 is 22.7 Å². The number of rotatable bonds is 7. The lowest BCUT2D eigenvalue weighted by molar-refractivity contribution is -0.127. The lowest BCUT2D eigenvalue weighted by Crippen LogP contribution is -2.51. The number of nitrogens with one attached hydrogen (secondary N) is 1. The predicted molar refractivity (Wildman–Crippen MR) is 131 cm³/mol. The second-order valence-electron chi connectivity index (χ2n) is 8.02. The van der Waals surface area contributed by atoms with Gasteiger partial charge in [-0.15, -0.1) is 0 Å². The lowest BCUT2D eigenvalue weighted by atomic mass is 10.2. The Hall–Kier alpha value is -3.23. The van der Waals surface area contributed by atoms with Crippen LogP contribution in [0.3, 0.4) is 0 Å². The first kappa shape index (κ1) is 23.9. The topological polar surface area (TPSA) is 84.9 Å². The summed E-state index contributed by atoms with van der Waals surface area (Å²) < 4.78 is 39.6. The van der Waals surface area contributed by atoms with E-state index in [1.165, 1.54) is 10.4 Å². The molecule has 4 rings (SSSR count). The molecule has 0 bridgehead atoms. The molecule has 3 aromatic rings. The average Bonchev–Trinajstić information content (AvgIpc) is 2.81. The Bertz CT molecular complexity index is 1290. The van der Waals surface area contributed by atoms with Gasteiger partial charge in [0.25, 0.3) is 15.9 Å². The Morgan fingerprint density at radius 3 is 2.59 bits per heavy atom. The summed E-state index contributed by atoms with van der Waals surface area (Å²) in [6.07, 6.45) is -1.03. The number of hydrogen-bond donors (Lipinski definition) is 1. The van der Waals surface area contributed by atoms with Gasteiger partial charge in [-0.2, -0.15) is 0 Å². The van der Waals surface area contributed by atoms with Gasteiger partial charge in [0.05, 0.1) is 23.7 Å². The van der Waals surface area contributed by atoms with Crippen LogP contribution < -0.4 is 19.1 Å². The molecule has 1 aliphatic rings. The molecule has 0 saturated carbocycles. The Balaban J connectivity index is 1.49. The second kappa shape index (κ2) is 9.95. The number of anilines is 1. The van der Waals surface area contributed by atoms with Crippen molar-refractivity contribution in [3.05, 3.63) is 82.9 Å². The van der Waals surface area contributed by atoms with E-state index >= 15 is 0 Å². The first-order valence-electron chi connectivity index (χ1n) is 10.8. The number of ether oxygens (including phenoxy) is 2. The number of aryl methyl sites for hydroxylation is 2. The summed E-state index contributed by atoms with van der Waals surface area (Å²) in [6.45, 7) is 4.16. The van der Waals surface area contributed by atoms with Gasteiger partial charge in [0.2, 0.25) is 0 Å². The van der Waals surface area contributed by atoms with Crippen molar-refractivity contribution >= 4 is 33.2 Å². The van der Waals surface area contributed by atoms with Crippen LogP contribution in [0.1, 0.15) is 11.1 Å². The number of carbonyl (C=O) groups is 1. The van der Waals surface area contributed by atoms with Crippen LogP contribution >= 0.6 is 11.6 Å². The molecule has 7 nitrogen and oxygen atoms in total. The SMILES string of the molecule is Cc1ccc(S(=O)(=O)N2C[C@H](C(=O)NCCOc3cccc(C)c3)Oc3ccc(Cl)cc32)cc1. The minimum absolute atomic E-state index is 0.122. The van der Waals surface area contributed by atoms with Crippen LogP contribution in [0.4, 0.5) is 5.69 Å². The van der Waals surface area contributed by atoms with Crippen LogP contribution in [-0.4, -0.2) is 40.1 Å². The van der Waals surface area contributed by atoms with Gasteiger partial charge in [-0.05, 0) is 61.9 Å². The van der Waals surface area contributed by atoms with Crippen LogP contribution in [0.25, 0.3) is 0 Å². The molecule has 9 heteroatoms. The van der Waals surface area contributed by atoms with Crippen molar-refractivity contribution in [3.63, 3.8) is 0 Å². The molecule has 1 atom stereocenters. The van der Waals surface area contributed by atoms with E-state index in [4.69, 9.17) is 21.1 Å². The Morgan fingerprint density at radius 1 is 1.09 bits per heavy atom. The maximum absolute atomic E-state index is 13.5. The predicted octanol–water partition coefficient (Wildman–Crippen LogP) is 4.11. The number of sulfonamides is 1. The third kappa shape index (κ3) is 5.29. The first-order chi connectivity index (χ1) is 16.2. The van der Waals surface area contributed by atoms with Crippen molar-refractivity contribution in [3.8, 4) is 11.5 Å². The summed E-state index contributed by atoms with van der Waals surface area (Å²) in [5, 5.41) is 3.13. The third-order valence-electron chi connectivity index (χ3n) is 5.35. The van der Waals surface area contributed by atoms with E-state index in [1.54, 1.807) is 36.4 Å². The molecule has 1 aliphatic heterocycles. The zero-order valence-electron chi connectivity index (χ0n) is 18.8. The van der Waals surface area contributed by atoms with E-state index in [0.717, 1.165) is 11.1 Å². The summed E-state index contributed by atoms with van der Waals surface area (Å²) in [4.78, 5) is 13.0. The molecule has 0 saturated heterocycles. The molecule has 0 spiro atoms. The Labute approximate surface area is 204 Å². The van der Waals surface area contributed by atoms with E-state index in [-0.39, 0.29) is 30.3 Å². The molecule has 3 aromatic carbocycles. The molecular formula is C25H25ClN2O5S. The number of nitrogens with zero attached hydrogens (tertiary/aromatic N) is 1. The smallest absolute Gasteiger partial charge is 0.264 e. The van der Waals surface area contributed by atoms with Gasteiger partial charge in [0, 0.05) is 5.02 Å². The van der Waals surface area contributed by atoms with E-state index in [2.05, 4.69) is 5.32 Å². The van der Waals surface area contributed by atoms with Crippen molar-refractivity contribution in [2.45, 2.75) is 24.8 Å². The Kier molecular flexibility index (Phi) is 7.00. The summed E-state index contributed by atoms with van der Waals surface area (Å²) in [5.74, 6) is 0.546. The summed E-state index contributed by atoms with van der Waals surface area (Å²) in [7, 11) is -3.95. The quantitative estimate of drug-likeness (QED) is 0.493. The van der Waals surface area contributed by atoms with Gasteiger partial charge in [0.15, 0.2) is 6.10 Å². The fourth-order valence-corrected chi connectivity index (χ4v) is 5.22. The molecule has 0 aromatic heterocycles. The van der Waals surface area contributed by atoms with Crippen molar-refractivity contribution in [2.24, 2.45) is 0 Å². The van der Waals surface area contributed by atoms with Gasteiger partial charge >= 0.3 is 0 Å². The lowest BCUT2D eigenvalue weighted by Gasteiger charge is -2.34. The zero-order valence-corrected chi connectivity index (χ0v) is 20.4. The molecule has 0 aliphatic carbocycles. The largest absolute Gasteiger partial charge is 0.492 e. The number of halogens is 1. The van der Waals surface area contributed by atoms with Crippen LogP contribution in [0, 0.1) is 13.8 Å². The van der Waals surface area contributed by atoms with Crippen LogP contribution in [0.2, 0.25) is 5.02 Å². The van der Waals surface area contributed by atoms with Crippen molar-refractivity contribution in [1.82, 2.24) is 5.32 Å². The normalized spacial score (nSPS) is 15.3. The molecule has 34 heavy (non-hydrogen) atoms. The van der Waals surface area contributed by atoms with E-state index in [1.807, 2.05) is 38.1 Å². The first-order valence-corrected chi connectivity index (χ1v) is 12.6. The van der Waals surface area contributed by atoms with Crippen LogP contribution in [0.5, 0.6) is 11.5 Å². The highest BCUT2D eigenvalue weighted by Crippen LogP contribution is 2.38. The highest BCUT2D eigenvalue weighted by atomic mass is 35.5. The summed E-state index contributed by atoms with van der Waals surface area (Å²) in [5.41, 5.74) is 2.31. The zero-order chi connectivity index (χ0) is 24.3. The van der Waals surface area contributed by atoms with Crippen LogP contribution in [-0.2, 0) is 14.8 Å². The fourth-order valence-electron chi connectivity index (χ4n) is 3.59. The van der Waals surface area contributed by atoms with Gasteiger partial charge in [-0.25, -0.2) is 8.42 Å². The van der Waals surface area contributed by atoms with Crippen molar-refractivity contribution in [1.29, 1.82) is 0 Å². The Morgan fingerprint density at radius 2 is 1.85 bits per heavy atom. The van der Waals surface area contributed by atoms with Gasteiger partial charge in [0.1, 0.15) is 18.1 Å². The number of fused-ring (bicyclic) bond motifs is 1. The minimum atomic E-state index is -3.95. The van der Waals surface area contributed by atoms with E-state index in [0.29, 0.717) is 16.5 Å². The molecule has 0 fully saturated rings. The molecule has 178 valence electrons. The van der Waals surface area contributed by atoms with E-state index in [9.17, 15) is 13.2 Å². The number of carbonyl (C=O) groups excluding carboxylic acids is 1. The molecule has 0 radical (unpaired) electrons. The highest BCUT2D eigenvalue weighted by molar-refractivity contribution is 7.92. The van der Waals surface area contributed by atoms with Crippen LogP contribution in [0.15, 0.2) is 71.6 Å². The fraction of sp³-hybridized carbons (Fsp3) is 0.240. The minimum Gasteiger partial charge on any atom is -0.492 e. The maximum atomic E-state index is 13.5. The van der Waals surface area contributed by atoms with E-state index < -0.39 is 22.0 Å². The van der Waals surface area contributed by atoms with Gasteiger partial charge in [-0.3, -0.25) is 9.10 Å². The molecule has 0 unspecified atom stereocenters. The monoisotopic (exact) mass is 500 g/mol. The highest BCUT2D eigenvalue weighted by Gasteiger charge is 2.37. The van der Waals surface area contributed by atoms with Gasteiger partial charge in [-0.1, -0.05) is 41.4 Å². The number of amides is 1. The standard InChI is InChI=1S/C25H25ClN2O5S/c1-17-6-9-21(10-7-17)34(30,31)28-16-24(33-23-11-8-19(26)15-22(23)28)25(29)27-12-13-32-20-5-3-4-18(2)14-20/h3-11,14-15,24H,12-13,16H2,1-2H3,(H,27,29)/t24-/m1/s1. The molecule has 1 heterocycles. The molecule has 1 N–H and O–H groups in total. The van der Waals surface area contributed by atoms with Crippen molar-refractivity contribution in [2.75, 3.05) is 24.0 Å². The third-order valence-corrected chi connectivity index (χ3v) is 7.38. The molecular weight excluding hydrogens is 476 g/mol. The summed E-state index contributed by atoms with van der Waals surface area (Å²) >= 11 is 6.13. The number of benzene rings is 3. The maximum Gasteiger partial charge on any atom is 0.264 e. The second-order valence-corrected chi connectivity index (χ2v) is 10.3. The molecule has 1 amide bonds. The average molecular weight is 501 g/mol. The number of hydrogen-bond acceptors (Lipinski definition) is 5. The summed E-state index contributed by atoms with van der Waals surface area (Å²) in [6, 6.07) is 18.8. The van der Waals surface area contributed by atoms with Gasteiger partial charge < -0.3 is 14.8 Å².